The molecule has 0 fully saturated rings. The summed E-state index contributed by atoms with van der Waals surface area (Å²) in [7, 11) is 0. The number of hydrogen-bond acceptors (Lipinski definition) is 2. The number of benzene rings is 1. The topological polar surface area (TPSA) is 29.9 Å². The fraction of sp³-hybridized carbons (Fsp3) is 0.400. The van der Waals surface area contributed by atoms with Crippen molar-refractivity contribution in [3.8, 4) is 5.69 Å². The second-order valence-corrected chi connectivity index (χ2v) is 6.38. The molecule has 0 aliphatic rings. The van der Waals surface area contributed by atoms with E-state index in [9.17, 15) is 0 Å². The molecule has 1 N–H and O–H groups in total. The molecule has 2 rings (SSSR count). The lowest BCUT2D eigenvalue weighted by Crippen LogP contribution is -2.23. The van der Waals surface area contributed by atoms with Crippen molar-refractivity contribution in [2.75, 3.05) is 0 Å². The molecular weight excluding hydrogens is 338 g/mol. The van der Waals surface area contributed by atoms with Gasteiger partial charge in [-0.1, -0.05) is 37.6 Å². The molecule has 0 radical (unpaired) electrons. The first kappa shape index (κ1) is 15.5. The number of para-hydroxylation sites is 1. The van der Waals surface area contributed by atoms with Gasteiger partial charge < -0.3 is 5.32 Å². The highest BCUT2D eigenvalue weighted by Gasteiger charge is 2.16. The van der Waals surface area contributed by atoms with Gasteiger partial charge in [-0.2, -0.15) is 5.10 Å². The molecule has 1 heterocycles. The summed E-state index contributed by atoms with van der Waals surface area (Å²) in [6, 6.07) is 6.39. The van der Waals surface area contributed by atoms with E-state index in [1.165, 1.54) is 0 Å². The Morgan fingerprint density at radius 3 is 2.60 bits per heavy atom. The van der Waals surface area contributed by atoms with Gasteiger partial charge in [0.05, 0.1) is 26.6 Å². The van der Waals surface area contributed by atoms with Crippen LogP contribution in [0.3, 0.4) is 0 Å². The molecule has 20 heavy (non-hydrogen) atoms. The van der Waals surface area contributed by atoms with Crippen LogP contribution in [0.1, 0.15) is 30.8 Å². The zero-order valence-electron chi connectivity index (χ0n) is 12.2. The number of nitrogens with one attached hydrogen (secondary N) is 1. The van der Waals surface area contributed by atoms with E-state index in [0.29, 0.717) is 11.1 Å². The summed E-state index contributed by atoms with van der Waals surface area (Å²) in [6.45, 7) is 9.04. The average molecular weight is 357 g/mol. The quantitative estimate of drug-likeness (QED) is 0.879. The molecule has 0 amide bonds. The SMILES string of the molecule is Cc1nn(-c2c(Cl)cccc2CNC(C)C)c(C)c1Br. The van der Waals surface area contributed by atoms with E-state index < -0.39 is 0 Å². The van der Waals surface area contributed by atoms with Gasteiger partial charge in [-0.15, -0.1) is 0 Å². The highest BCUT2D eigenvalue weighted by molar-refractivity contribution is 9.10. The van der Waals surface area contributed by atoms with Crippen molar-refractivity contribution < 1.29 is 0 Å². The normalized spacial score (nSPS) is 11.3. The van der Waals surface area contributed by atoms with Crippen LogP contribution in [0.2, 0.25) is 5.02 Å². The van der Waals surface area contributed by atoms with Crippen molar-refractivity contribution in [2.24, 2.45) is 0 Å². The van der Waals surface area contributed by atoms with E-state index in [-0.39, 0.29) is 0 Å². The average Bonchev–Trinajstić information content (AvgIpc) is 2.64. The van der Waals surface area contributed by atoms with Gasteiger partial charge in [0.2, 0.25) is 0 Å². The third-order valence-corrected chi connectivity index (χ3v) is 4.64. The van der Waals surface area contributed by atoms with Crippen LogP contribution < -0.4 is 5.32 Å². The summed E-state index contributed by atoms with van der Waals surface area (Å²) in [4.78, 5) is 0. The molecule has 0 saturated heterocycles. The molecule has 5 heteroatoms. The fourth-order valence-electron chi connectivity index (χ4n) is 2.10. The van der Waals surface area contributed by atoms with Crippen LogP contribution in [0.25, 0.3) is 5.69 Å². The monoisotopic (exact) mass is 355 g/mol. The van der Waals surface area contributed by atoms with Crippen molar-refractivity contribution in [3.63, 3.8) is 0 Å². The summed E-state index contributed by atoms with van der Waals surface area (Å²) < 4.78 is 2.94. The largest absolute Gasteiger partial charge is 0.310 e. The highest BCUT2D eigenvalue weighted by Crippen LogP contribution is 2.29. The number of aryl methyl sites for hydroxylation is 1. The number of hydrogen-bond donors (Lipinski definition) is 1. The summed E-state index contributed by atoms with van der Waals surface area (Å²) in [5.74, 6) is 0. The molecule has 0 aliphatic heterocycles. The van der Waals surface area contributed by atoms with Gasteiger partial charge in [0.1, 0.15) is 0 Å². The highest BCUT2D eigenvalue weighted by atomic mass is 79.9. The Morgan fingerprint density at radius 2 is 2.05 bits per heavy atom. The zero-order valence-corrected chi connectivity index (χ0v) is 14.5. The fourth-order valence-corrected chi connectivity index (χ4v) is 2.62. The van der Waals surface area contributed by atoms with Crippen LogP contribution in [0.4, 0.5) is 0 Å². The molecule has 0 bridgehead atoms. The zero-order chi connectivity index (χ0) is 14.9. The molecule has 0 saturated carbocycles. The van der Waals surface area contributed by atoms with Gasteiger partial charge in [-0.05, 0) is 41.4 Å². The molecule has 0 atom stereocenters. The van der Waals surface area contributed by atoms with Crippen LogP contribution in [-0.2, 0) is 6.54 Å². The Kier molecular flexibility index (Phi) is 4.89. The third kappa shape index (κ3) is 3.08. The maximum Gasteiger partial charge on any atom is 0.0880 e. The van der Waals surface area contributed by atoms with Crippen LogP contribution in [0.5, 0.6) is 0 Å². The minimum atomic E-state index is 0.425. The van der Waals surface area contributed by atoms with Gasteiger partial charge in [0.15, 0.2) is 0 Å². The Morgan fingerprint density at radius 1 is 1.35 bits per heavy atom. The molecule has 1 aromatic carbocycles. The lowest BCUT2D eigenvalue weighted by Gasteiger charge is -2.15. The van der Waals surface area contributed by atoms with Gasteiger partial charge >= 0.3 is 0 Å². The lowest BCUT2D eigenvalue weighted by molar-refractivity contribution is 0.586. The van der Waals surface area contributed by atoms with E-state index in [0.717, 1.165) is 33.7 Å². The molecule has 0 aliphatic carbocycles. The summed E-state index contributed by atoms with van der Waals surface area (Å²) in [5, 5.41) is 8.73. The van der Waals surface area contributed by atoms with Crippen LogP contribution in [0, 0.1) is 13.8 Å². The predicted molar refractivity (Wildman–Crippen MR) is 87.7 cm³/mol. The number of halogens is 2. The molecular formula is C15H19BrClN3. The van der Waals surface area contributed by atoms with Crippen LogP contribution in [-0.4, -0.2) is 15.8 Å². The molecule has 3 nitrogen and oxygen atoms in total. The second-order valence-electron chi connectivity index (χ2n) is 5.18. The summed E-state index contributed by atoms with van der Waals surface area (Å²) >= 11 is 9.98. The number of nitrogens with zero attached hydrogens (tertiary/aromatic N) is 2. The Balaban J connectivity index is 2.51. The molecule has 0 unspecified atom stereocenters. The van der Waals surface area contributed by atoms with E-state index in [4.69, 9.17) is 11.6 Å². The van der Waals surface area contributed by atoms with Crippen LogP contribution >= 0.6 is 27.5 Å². The molecule has 108 valence electrons. The maximum absolute atomic E-state index is 6.41. The predicted octanol–water partition coefficient (Wildman–Crippen LogP) is 4.40. The number of aromatic nitrogens is 2. The Hall–Kier alpha value is -0.840. The van der Waals surface area contributed by atoms with Gasteiger partial charge in [0, 0.05) is 12.6 Å². The minimum Gasteiger partial charge on any atom is -0.310 e. The first-order valence-electron chi connectivity index (χ1n) is 6.64. The number of rotatable bonds is 4. The third-order valence-electron chi connectivity index (χ3n) is 3.19. The summed E-state index contributed by atoms with van der Waals surface area (Å²) in [6.07, 6.45) is 0. The van der Waals surface area contributed by atoms with Gasteiger partial charge in [0.25, 0.3) is 0 Å². The first-order chi connectivity index (χ1) is 9.41. The van der Waals surface area contributed by atoms with Crippen molar-refractivity contribution in [1.82, 2.24) is 15.1 Å². The standard InChI is InChI=1S/C15H19BrClN3/c1-9(2)18-8-12-6-5-7-13(17)15(12)20-11(4)14(16)10(3)19-20/h5-7,9,18H,8H2,1-4H3. The van der Waals surface area contributed by atoms with Crippen molar-refractivity contribution in [2.45, 2.75) is 40.3 Å². The lowest BCUT2D eigenvalue weighted by atomic mass is 10.1. The van der Waals surface area contributed by atoms with Crippen LogP contribution in [0.15, 0.2) is 22.7 Å². The molecule has 1 aromatic heterocycles. The minimum absolute atomic E-state index is 0.425. The second kappa shape index (κ2) is 6.29. The van der Waals surface area contributed by atoms with Crippen molar-refractivity contribution >= 4 is 27.5 Å². The summed E-state index contributed by atoms with van der Waals surface area (Å²) in [5.41, 5.74) is 4.12. The van der Waals surface area contributed by atoms with Gasteiger partial charge in [-0.25, -0.2) is 4.68 Å². The Bertz CT molecular complexity index is 620. The smallest absolute Gasteiger partial charge is 0.0880 e. The van der Waals surface area contributed by atoms with Crippen molar-refractivity contribution in [3.05, 3.63) is 44.6 Å². The maximum atomic E-state index is 6.41. The van der Waals surface area contributed by atoms with E-state index in [1.807, 2.05) is 30.7 Å². The first-order valence-corrected chi connectivity index (χ1v) is 7.81. The van der Waals surface area contributed by atoms with E-state index in [2.05, 4.69) is 46.3 Å². The molecule has 0 spiro atoms. The molecule has 2 aromatic rings. The van der Waals surface area contributed by atoms with Gasteiger partial charge in [-0.3, -0.25) is 0 Å². The van der Waals surface area contributed by atoms with Crippen molar-refractivity contribution in [1.29, 1.82) is 0 Å². The Labute approximate surface area is 133 Å². The van der Waals surface area contributed by atoms with E-state index in [1.54, 1.807) is 0 Å². The van der Waals surface area contributed by atoms with E-state index >= 15 is 0 Å².